The van der Waals surface area contributed by atoms with Crippen molar-refractivity contribution >= 4 is 17.6 Å². The van der Waals surface area contributed by atoms with Crippen LogP contribution in [0, 0.1) is 5.92 Å². The van der Waals surface area contributed by atoms with Crippen LogP contribution in [0.25, 0.3) is 0 Å². The number of aliphatic carboxylic acids is 1. The van der Waals surface area contributed by atoms with Crippen LogP contribution in [0.1, 0.15) is 43.0 Å². The van der Waals surface area contributed by atoms with Gasteiger partial charge in [-0.3, -0.25) is 4.79 Å². The number of benzene rings is 1. The Labute approximate surface area is 124 Å². The predicted molar refractivity (Wildman–Crippen MR) is 79.4 cm³/mol. The molecule has 1 fully saturated rings. The van der Waals surface area contributed by atoms with Gasteiger partial charge in [0, 0.05) is 11.7 Å². The van der Waals surface area contributed by atoms with E-state index in [-0.39, 0.29) is 17.9 Å². The maximum atomic E-state index is 11.6. The zero-order valence-electron chi connectivity index (χ0n) is 12.2. The maximum absolute atomic E-state index is 11.6. The largest absolute Gasteiger partial charge is 0.481 e. The Balaban J connectivity index is 1.94. The molecule has 0 saturated heterocycles. The zero-order chi connectivity index (χ0) is 15.2. The first-order chi connectivity index (χ1) is 10.1. The number of ether oxygens (including phenoxy) is 1. The molecule has 5 nitrogen and oxygen atoms in total. The summed E-state index contributed by atoms with van der Waals surface area (Å²) in [4.78, 5) is 22.6. The van der Waals surface area contributed by atoms with Gasteiger partial charge in [0.1, 0.15) is 0 Å². The number of carbonyl (C=O) groups is 2. The summed E-state index contributed by atoms with van der Waals surface area (Å²) in [7, 11) is 0. The quantitative estimate of drug-likeness (QED) is 0.816. The normalized spacial score (nSPS) is 21.6. The van der Waals surface area contributed by atoms with Crippen LogP contribution in [0.3, 0.4) is 0 Å². The molecule has 2 atom stereocenters. The van der Waals surface area contributed by atoms with Gasteiger partial charge in [0.2, 0.25) is 0 Å². The molecule has 2 N–H and O–H groups in total. The molecule has 0 aromatic heterocycles. The van der Waals surface area contributed by atoms with Crippen molar-refractivity contribution in [2.75, 3.05) is 11.9 Å². The highest BCUT2D eigenvalue weighted by atomic mass is 16.5. The van der Waals surface area contributed by atoms with Crippen molar-refractivity contribution in [2.24, 2.45) is 5.92 Å². The lowest BCUT2D eigenvalue weighted by atomic mass is 9.85. The minimum Gasteiger partial charge on any atom is -0.481 e. The van der Waals surface area contributed by atoms with E-state index in [1.54, 1.807) is 19.1 Å². The second-order valence-corrected chi connectivity index (χ2v) is 5.34. The van der Waals surface area contributed by atoms with Gasteiger partial charge >= 0.3 is 11.9 Å². The van der Waals surface area contributed by atoms with E-state index in [1.807, 2.05) is 12.1 Å². The fourth-order valence-electron chi connectivity index (χ4n) is 2.70. The lowest BCUT2D eigenvalue weighted by molar-refractivity contribution is -0.142. The van der Waals surface area contributed by atoms with Gasteiger partial charge in [-0.05, 0) is 50.5 Å². The van der Waals surface area contributed by atoms with Gasteiger partial charge < -0.3 is 15.2 Å². The van der Waals surface area contributed by atoms with Crippen LogP contribution in [0.5, 0.6) is 0 Å². The van der Waals surface area contributed by atoms with Crippen LogP contribution in [0.15, 0.2) is 24.3 Å². The number of esters is 1. The number of anilines is 1. The van der Waals surface area contributed by atoms with Crippen LogP contribution >= 0.6 is 0 Å². The molecular weight excluding hydrogens is 270 g/mol. The maximum Gasteiger partial charge on any atom is 0.338 e. The molecule has 0 bridgehead atoms. The summed E-state index contributed by atoms with van der Waals surface area (Å²) in [6.45, 7) is 2.13. The van der Waals surface area contributed by atoms with Crippen molar-refractivity contribution in [1.29, 1.82) is 0 Å². The first-order valence-electron chi connectivity index (χ1n) is 7.36. The van der Waals surface area contributed by atoms with Crippen LogP contribution in [0.2, 0.25) is 0 Å². The van der Waals surface area contributed by atoms with Crippen molar-refractivity contribution in [3.63, 3.8) is 0 Å². The molecule has 1 saturated carbocycles. The Bertz CT molecular complexity index is 498. The van der Waals surface area contributed by atoms with Crippen molar-refractivity contribution < 1.29 is 19.4 Å². The van der Waals surface area contributed by atoms with E-state index in [4.69, 9.17) is 9.84 Å². The average molecular weight is 291 g/mol. The minimum absolute atomic E-state index is 0.174. The summed E-state index contributed by atoms with van der Waals surface area (Å²) in [5.74, 6) is -1.29. The number of carboxylic acids is 1. The van der Waals surface area contributed by atoms with Crippen molar-refractivity contribution in [2.45, 2.75) is 38.6 Å². The van der Waals surface area contributed by atoms with Crippen LogP contribution in [-0.4, -0.2) is 29.7 Å². The van der Waals surface area contributed by atoms with E-state index in [0.717, 1.165) is 24.9 Å². The second-order valence-electron chi connectivity index (χ2n) is 5.34. The van der Waals surface area contributed by atoms with Gasteiger partial charge in [-0.15, -0.1) is 0 Å². The fourth-order valence-corrected chi connectivity index (χ4v) is 2.70. The molecule has 0 radical (unpaired) electrons. The van der Waals surface area contributed by atoms with Crippen molar-refractivity contribution in [3.8, 4) is 0 Å². The average Bonchev–Trinajstić information content (AvgIpc) is 2.48. The lowest BCUT2D eigenvalue weighted by Crippen LogP contribution is -2.30. The third kappa shape index (κ3) is 4.21. The molecule has 2 unspecified atom stereocenters. The lowest BCUT2D eigenvalue weighted by Gasteiger charge is -2.28. The highest BCUT2D eigenvalue weighted by Gasteiger charge is 2.26. The third-order valence-corrected chi connectivity index (χ3v) is 3.79. The summed E-state index contributed by atoms with van der Waals surface area (Å²) in [5.41, 5.74) is 1.42. The molecule has 21 heavy (non-hydrogen) atoms. The minimum atomic E-state index is -0.709. The molecule has 5 heteroatoms. The number of nitrogens with one attached hydrogen (secondary N) is 1. The predicted octanol–water partition coefficient (Wildman–Crippen LogP) is 2.92. The molecule has 0 heterocycles. The summed E-state index contributed by atoms with van der Waals surface area (Å²) >= 11 is 0. The molecular formula is C16H21NO4. The van der Waals surface area contributed by atoms with E-state index in [9.17, 15) is 9.59 Å². The van der Waals surface area contributed by atoms with Gasteiger partial charge in [0.05, 0.1) is 18.1 Å². The zero-order valence-corrected chi connectivity index (χ0v) is 12.2. The molecule has 0 amide bonds. The Morgan fingerprint density at radius 2 is 2.00 bits per heavy atom. The highest BCUT2D eigenvalue weighted by molar-refractivity contribution is 5.89. The van der Waals surface area contributed by atoms with Gasteiger partial charge in [-0.25, -0.2) is 4.79 Å². The molecule has 0 spiro atoms. The number of carbonyl (C=O) groups excluding carboxylic acids is 1. The number of hydrogen-bond acceptors (Lipinski definition) is 4. The molecule has 1 aliphatic carbocycles. The van der Waals surface area contributed by atoms with Crippen LogP contribution < -0.4 is 5.32 Å². The smallest absolute Gasteiger partial charge is 0.338 e. The third-order valence-electron chi connectivity index (χ3n) is 3.79. The first-order valence-corrected chi connectivity index (χ1v) is 7.36. The van der Waals surface area contributed by atoms with Gasteiger partial charge in [0.15, 0.2) is 0 Å². The first kappa shape index (κ1) is 15.4. The van der Waals surface area contributed by atoms with Crippen molar-refractivity contribution in [1.82, 2.24) is 0 Å². The molecule has 1 aromatic carbocycles. The monoisotopic (exact) mass is 291 g/mol. The molecule has 114 valence electrons. The topological polar surface area (TPSA) is 75.6 Å². The number of hydrogen-bond donors (Lipinski definition) is 2. The van der Waals surface area contributed by atoms with E-state index < -0.39 is 5.97 Å². The summed E-state index contributed by atoms with van der Waals surface area (Å²) in [6, 6.07) is 7.27. The molecule has 0 aliphatic heterocycles. The number of rotatable bonds is 5. The number of carboxylic acid groups (broad SMARTS) is 1. The summed E-state index contributed by atoms with van der Waals surface area (Å²) < 4.78 is 4.93. The summed E-state index contributed by atoms with van der Waals surface area (Å²) in [6.07, 6.45) is 3.31. The Morgan fingerprint density at radius 1 is 1.29 bits per heavy atom. The van der Waals surface area contributed by atoms with E-state index >= 15 is 0 Å². The van der Waals surface area contributed by atoms with Crippen LogP contribution in [-0.2, 0) is 9.53 Å². The van der Waals surface area contributed by atoms with Crippen molar-refractivity contribution in [3.05, 3.63) is 29.8 Å². The Hall–Kier alpha value is -2.04. The van der Waals surface area contributed by atoms with E-state index in [2.05, 4.69) is 5.32 Å². The summed E-state index contributed by atoms with van der Waals surface area (Å²) in [5, 5.41) is 12.4. The van der Waals surface area contributed by atoms with Gasteiger partial charge in [-0.1, -0.05) is 6.42 Å². The highest BCUT2D eigenvalue weighted by Crippen LogP contribution is 2.27. The molecule has 1 aromatic rings. The molecule has 1 aliphatic rings. The van der Waals surface area contributed by atoms with Gasteiger partial charge in [-0.2, -0.15) is 0 Å². The van der Waals surface area contributed by atoms with Crippen LogP contribution in [0.4, 0.5) is 5.69 Å². The van der Waals surface area contributed by atoms with Gasteiger partial charge in [0.25, 0.3) is 0 Å². The SMILES string of the molecule is CCOC(=O)c1ccc(NC2CCCC(C(=O)O)C2)cc1. The standard InChI is InChI=1S/C16H21NO4/c1-2-21-16(20)11-6-8-13(9-7-11)17-14-5-3-4-12(10-14)15(18)19/h6-9,12,14,17H,2-5,10H2,1H3,(H,18,19). The Kier molecular flexibility index (Phi) is 5.20. The fraction of sp³-hybridized carbons (Fsp3) is 0.500. The second kappa shape index (κ2) is 7.11. The Morgan fingerprint density at radius 3 is 2.62 bits per heavy atom. The molecule has 2 rings (SSSR count). The van der Waals surface area contributed by atoms with E-state index in [0.29, 0.717) is 18.6 Å². The van der Waals surface area contributed by atoms with E-state index in [1.165, 1.54) is 0 Å².